The number of benzene rings is 1. The van der Waals surface area contributed by atoms with Crippen molar-refractivity contribution in [2.75, 3.05) is 5.32 Å². The molecule has 2 nitrogen and oxygen atoms in total. The summed E-state index contributed by atoms with van der Waals surface area (Å²) in [7, 11) is 0. The van der Waals surface area contributed by atoms with Gasteiger partial charge in [0.05, 0.1) is 0 Å². The van der Waals surface area contributed by atoms with Crippen LogP contribution in [0.3, 0.4) is 0 Å². The minimum absolute atomic E-state index is 0.324. The minimum Gasteiger partial charge on any atom is -0.376 e. The molecule has 0 atom stereocenters. The van der Waals surface area contributed by atoms with Crippen molar-refractivity contribution in [3.05, 3.63) is 29.8 Å². The molecule has 1 aromatic carbocycles. The zero-order chi connectivity index (χ0) is 11.4. The Bertz CT molecular complexity index is 353. The van der Waals surface area contributed by atoms with Crippen LogP contribution in [0.25, 0.3) is 0 Å². The Balaban J connectivity index is 2.03. The second-order valence-corrected chi connectivity index (χ2v) is 4.89. The van der Waals surface area contributed by atoms with Gasteiger partial charge in [0.15, 0.2) is 5.11 Å². The van der Waals surface area contributed by atoms with E-state index >= 15 is 0 Å². The van der Waals surface area contributed by atoms with Crippen molar-refractivity contribution in [2.24, 2.45) is 5.73 Å². The SMILES string of the molecule is NC(=S)Nc1ccc(C2CCCCC2)cc1. The molecule has 3 N–H and O–H groups in total. The first-order valence-corrected chi connectivity index (χ1v) is 6.33. The van der Waals surface area contributed by atoms with Crippen molar-refractivity contribution < 1.29 is 0 Å². The summed E-state index contributed by atoms with van der Waals surface area (Å²) in [6, 6.07) is 8.50. The third-order valence-electron chi connectivity index (χ3n) is 3.25. The van der Waals surface area contributed by atoms with E-state index in [0.717, 1.165) is 11.6 Å². The van der Waals surface area contributed by atoms with Gasteiger partial charge < -0.3 is 11.1 Å². The van der Waals surface area contributed by atoms with E-state index in [4.69, 9.17) is 18.0 Å². The van der Waals surface area contributed by atoms with Crippen LogP contribution in [0.5, 0.6) is 0 Å². The lowest BCUT2D eigenvalue weighted by atomic mass is 9.84. The minimum atomic E-state index is 0.324. The van der Waals surface area contributed by atoms with Gasteiger partial charge in [-0.05, 0) is 48.7 Å². The van der Waals surface area contributed by atoms with Gasteiger partial charge in [-0.15, -0.1) is 0 Å². The van der Waals surface area contributed by atoms with Crippen molar-refractivity contribution in [1.82, 2.24) is 0 Å². The summed E-state index contributed by atoms with van der Waals surface area (Å²) in [6.45, 7) is 0. The van der Waals surface area contributed by atoms with Crippen LogP contribution in [0.15, 0.2) is 24.3 Å². The van der Waals surface area contributed by atoms with E-state index in [1.54, 1.807) is 0 Å². The highest BCUT2D eigenvalue weighted by Crippen LogP contribution is 2.32. The predicted octanol–water partition coefficient (Wildman–Crippen LogP) is 3.39. The first-order valence-electron chi connectivity index (χ1n) is 5.92. The van der Waals surface area contributed by atoms with Gasteiger partial charge in [0.2, 0.25) is 0 Å². The van der Waals surface area contributed by atoms with Crippen LogP contribution in [-0.4, -0.2) is 5.11 Å². The molecule has 0 saturated heterocycles. The highest BCUT2D eigenvalue weighted by Gasteiger charge is 2.14. The summed E-state index contributed by atoms with van der Waals surface area (Å²) < 4.78 is 0. The lowest BCUT2D eigenvalue weighted by molar-refractivity contribution is 0.443. The molecule has 0 bridgehead atoms. The Morgan fingerprint density at radius 1 is 1.12 bits per heavy atom. The van der Waals surface area contributed by atoms with Gasteiger partial charge in [-0.2, -0.15) is 0 Å². The number of hydrogen-bond acceptors (Lipinski definition) is 1. The van der Waals surface area contributed by atoms with Gasteiger partial charge >= 0.3 is 0 Å². The molecule has 1 fully saturated rings. The molecule has 1 aliphatic rings. The fraction of sp³-hybridized carbons (Fsp3) is 0.462. The number of thiocarbonyl (C=S) groups is 1. The van der Waals surface area contributed by atoms with Gasteiger partial charge in [-0.25, -0.2) is 0 Å². The Morgan fingerprint density at radius 2 is 1.75 bits per heavy atom. The first kappa shape index (κ1) is 11.4. The number of nitrogens with one attached hydrogen (secondary N) is 1. The molecule has 2 rings (SSSR count). The van der Waals surface area contributed by atoms with Crippen LogP contribution < -0.4 is 11.1 Å². The van der Waals surface area contributed by atoms with Gasteiger partial charge in [0, 0.05) is 5.69 Å². The van der Waals surface area contributed by atoms with Crippen molar-refractivity contribution in [3.8, 4) is 0 Å². The molecular weight excluding hydrogens is 216 g/mol. The van der Waals surface area contributed by atoms with E-state index in [-0.39, 0.29) is 0 Å². The Labute approximate surface area is 102 Å². The van der Waals surface area contributed by atoms with E-state index in [2.05, 4.69) is 29.6 Å². The van der Waals surface area contributed by atoms with Crippen molar-refractivity contribution in [1.29, 1.82) is 0 Å². The second-order valence-electron chi connectivity index (χ2n) is 4.45. The monoisotopic (exact) mass is 234 g/mol. The van der Waals surface area contributed by atoms with Crippen LogP contribution in [0.4, 0.5) is 5.69 Å². The first-order chi connectivity index (χ1) is 7.75. The molecule has 0 spiro atoms. The molecule has 0 amide bonds. The third kappa shape index (κ3) is 2.95. The van der Waals surface area contributed by atoms with Crippen LogP contribution in [0, 0.1) is 0 Å². The fourth-order valence-electron chi connectivity index (χ4n) is 2.42. The molecule has 0 aliphatic heterocycles. The second kappa shape index (κ2) is 5.30. The topological polar surface area (TPSA) is 38.0 Å². The quantitative estimate of drug-likeness (QED) is 0.770. The molecule has 0 unspecified atom stereocenters. The van der Waals surface area contributed by atoms with Gasteiger partial charge in [0.1, 0.15) is 0 Å². The smallest absolute Gasteiger partial charge is 0.168 e. The number of nitrogens with two attached hydrogens (primary N) is 1. The highest BCUT2D eigenvalue weighted by atomic mass is 32.1. The van der Waals surface area contributed by atoms with Crippen LogP contribution >= 0.6 is 12.2 Å². The Hall–Kier alpha value is -1.09. The van der Waals surface area contributed by atoms with Gasteiger partial charge in [-0.3, -0.25) is 0 Å². The standard InChI is InChI=1S/C13H18N2S/c14-13(16)15-12-8-6-11(7-9-12)10-4-2-1-3-5-10/h6-10H,1-5H2,(H3,14,15,16). The lowest BCUT2D eigenvalue weighted by Crippen LogP contribution is -2.18. The largest absolute Gasteiger partial charge is 0.376 e. The van der Waals surface area contributed by atoms with Crippen LogP contribution in [0.1, 0.15) is 43.6 Å². The fourth-order valence-corrected chi connectivity index (χ4v) is 2.53. The number of hydrogen-bond donors (Lipinski definition) is 2. The summed E-state index contributed by atoms with van der Waals surface area (Å²) >= 11 is 4.80. The molecule has 86 valence electrons. The summed E-state index contributed by atoms with van der Waals surface area (Å²) in [5.41, 5.74) is 7.86. The van der Waals surface area contributed by atoms with Gasteiger partial charge in [-0.1, -0.05) is 31.4 Å². The van der Waals surface area contributed by atoms with Crippen molar-refractivity contribution in [2.45, 2.75) is 38.0 Å². The van der Waals surface area contributed by atoms with E-state index in [1.165, 1.54) is 37.7 Å². The summed E-state index contributed by atoms with van der Waals surface area (Å²) in [5.74, 6) is 0.757. The van der Waals surface area contributed by atoms with E-state index in [9.17, 15) is 0 Å². The third-order valence-corrected chi connectivity index (χ3v) is 3.36. The number of anilines is 1. The molecule has 0 radical (unpaired) electrons. The molecular formula is C13H18N2S. The summed E-state index contributed by atoms with van der Waals surface area (Å²) in [6.07, 6.45) is 6.82. The highest BCUT2D eigenvalue weighted by molar-refractivity contribution is 7.80. The Morgan fingerprint density at radius 3 is 2.31 bits per heavy atom. The molecule has 0 heterocycles. The Kier molecular flexibility index (Phi) is 3.78. The molecule has 3 heteroatoms. The maximum Gasteiger partial charge on any atom is 0.168 e. The molecule has 0 aromatic heterocycles. The van der Waals surface area contributed by atoms with Gasteiger partial charge in [0.25, 0.3) is 0 Å². The lowest BCUT2D eigenvalue weighted by Gasteiger charge is -2.22. The van der Waals surface area contributed by atoms with Crippen molar-refractivity contribution in [3.63, 3.8) is 0 Å². The number of rotatable bonds is 2. The van der Waals surface area contributed by atoms with Crippen LogP contribution in [-0.2, 0) is 0 Å². The summed E-state index contributed by atoms with van der Waals surface area (Å²) in [5, 5.41) is 3.27. The van der Waals surface area contributed by atoms with Crippen LogP contribution in [0.2, 0.25) is 0 Å². The van der Waals surface area contributed by atoms with Crippen molar-refractivity contribution >= 4 is 23.0 Å². The summed E-state index contributed by atoms with van der Waals surface area (Å²) in [4.78, 5) is 0. The molecule has 1 aliphatic carbocycles. The van der Waals surface area contributed by atoms with E-state index < -0.39 is 0 Å². The average Bonchev–Trinajstić information content (AvgIpc) is 2.30. The zero-order valence-electron chi connectivity index (χ0n) is 9.41. The average molecular weight is 234 g/mol. The maximum atomic E-state index is 5.43. The van der Waals surface area contributed by atoms with E-state index in [0.29, 0.717) is 5.11 Å². The zero-order valence-corrected chi connectivity index (χ0v) is 10.2. The maximum absolute atomic E-state index is 5.43. The predicted molar refractivity (Wildman–Crippen MR) is 72.7 cm³/mol. The van der Waals surface area contributed by atoms with E-state index in [1.807, 2.05) is 0 Å². The molecule has 1 saturated carbocycles. The molecule has 16 heavy (non-hydrogen) atoms. The molecule has 1 aromatic rings. The normalized spacial score (nSPS) is 17.0.